The van der Waals surface area contributed by atoms with Gasteiger partial charge in [0.1, 0.15) is 0 Å². The van der Waals surface area contributed by atoms with E-state index >= 15 is 0 Å². The van der Waals surface area contributed by atoms with Crippen molar-refractivity contribution in [2.24, 2.45) is 0 Å². The van der Waals surface area contributed by atoms with Crippen LogP contribution in [0.4, 0.5) is 0 Å². The van der Waals surface area contributed by atoms with Crippen molar-refractivity contribution in [1.82, 2.24) is 10.2 Å². The van der Waals surface area contributed by atoms with Gasteiger partial charge in [0.25, 0.3) is 0 Å². The normalized spacial score (nSPS) is 31.2. The maximum atomic E-state index is 6.06. The summed E-state index contributed by atoms with van der Waals surface area (Å²) in [4.78, 5) is 2.55. The van der Waals surface area contributed by atoms with E-state index in [1.165, 1.54) is 44.9 Å². The number of rotatable bonds is 5. The predicted molar refractivity (Wildman–Crippen MR) is 71.3 cm³/mol. The first-order valence-electron chi connectivity index (χ1n) is 7.30. The fraction of sp³-hybridized carbons (Fsp3) is 1.00. The molecule has 17 heavy (non-hydrogen) atoms. The molecule has 1 aliphatic heterocycles. The zero-order valence-electron chi connectivity index (χ0n) is 11.5. The van der Waals surface area contributed by atoms with Crippen molar-refractivity contribution < 1.29 is 4.74 Å². The molecule has 3 heteroatoms. The first kappa shape index (κ1) is 13.3. The van der Waals surface area contributed by atoms with E-state index in [2.05, 4.69) is 17.3 Å². The summed E-state index contributed by atoms with van der Waals surface area (Å²) >= 11 is 0. The monoisotopic (exact) mass is 240 g/mol. The third-order valence-corrected chi connectivity index (χ3v) is 4.32. The Hall–Kier alpha value is -0.120. The predicted octanol–water partition coefficient (Wildman–Crippen LogP) is 2.02. The maximum absolute atomic E-state index is 6.06. The first-order valence-corrected chi connectivity index (χ1v) is 7.30. The molecule has 0 aromatic heterocycles. The molecule has 1 saturated heterocycles. The second-order valence-corrected chi connectivity index (χ2v) is 5.75. The van der Waals surface area contributed by atoms with Gasteiger partial charge in [-0.3, -0.25) is 0 Å². The fourth-order valence-electron chi connectivity index (χ4n) is 3.28. The number of nitrogens with one attached hydrogen (secondary N) is 1. The van der Waals surface area contributed by atoms with Gasteiger partial charge in [0, 0.05) is 19.1 Å². The minimum atomic E-state index is 0.449. The molecular formula is C14H28N2O. The molecule has 0 aromatic rings. The van der Waals surface area contributed by atoms with E-state index in [-0.39, 0.29) is 0 Å². The summed E-state index contributed by atoms with van der Waals surface area (Å²) in [5, 5.41) is 3.21. The summed E-state index contributed by atoms with van der Waals surface area (Å²) in [7, 11) is 4.29. The van der Waals surface area contributed by atoms with E-state index in [4.69, 9.17) is 4.74 Å². The lowest BCUT2D eigenvalue weighted by Gasteiger charge is -2.32. The van der Waals surface area contributed by atoms with Gasteiger partial charge < -0.3 is 15.0 Å². The Morgan fingerprint density at radius 3 is 2.47 bits per heavy atom. The molecule has 2 atom stereocenters. The lowest BCUT2D eigenvalue weighted by molar-refractivity contribution is 0.0179. The molecule has 1 N–H and O–H groups in total. The molecule has 0 bridgehead atoms. The summed E-state index contributed by atoms with van der Waals surface area (Å²) < 4.78 is 6.06. The average molecular weight is 240 g/mol. The molecule has 0 spiro atoms. The highest BCUT2D eigenvalue weighted by Crippen LogP contribution is 2.24. The van der Waals surface area contributed by atoms with Crippen LogP contribution >= 0.6 is 0 Å². The van der Waals surface area contributed by atoms with E-state index in [9.17, 15) is 0 Å². The maximum Gasteiger partial charge on any atom is 0.0707 e. The molecule has 1 saturated carbocycles. The molecule has 0 radical (unpaired) electrons. The third-order valence-electron chi connectivity index (χ3n) is 4.32. The van der Waals surface area contributed by atoms with Crippen molar-refractivity contribution in [2.75, 3.05) is 27.2 Å². The van der Waals surface area contributed by atoms with Crippen LogP contribution in [0.15, 0.2) is 0 Å². The second-order valence-electron chi connectivity index (χ2n) is 5.75. The molecule has 2 fully saturated rings. The Morgan fingerprint density at radius 2 is 1.76 bits per heavy atom. The Kier molecular flexibility index (Phi) is 5.26. The van der Waals surface area contributed by atoms with Crippen LogP contribution < -0.4 is 5.32 Å². The molecule has 0 aromatic carbocycles. The number of hydrogen-bond donors (Lipinski definition) is 1. The Bertz CT molecular complexity index is 216. The van der Waals surface area contributed by atoms with Crippen molar-refractivity contribution in [1.29, 1.82) is 0 Å². The summed E-state index contributed by atoms with van der Waals surface area (Å²) in [6.07, 6.45) is 10.4. The topological polar surface area (TPSA) is 24.5 Å². The molecule has 3 nitrogen and oxygen atoms in total. The smallest absolute Gasteiger partial charge is 0.0707 e. The van der Waals surface area contributed by atoms with Crippen LogP contribution in [0.3, 0.4) is 0 Å². The molecule has 2 unspecified atom stereocenters. The van der Waals surface area contributed by atoms with Gasteiger partial charge in [0.05, 0.1) is 12.2 Å². The van der Waals surface area contributed by atoms with Crippen molar-refractivity contribution in [2.45, 2.75) is 63.2 Å². The van der Waals surface area contributed by atoms with Gasteiger partial charge in [0.2, 0.25) is 0 Å². The summed E-state index contributed by atoms with van der Waals surface area (Å²) in [5.74, 6) is 0. The highest BCUT2D eigenvalue weighted by atomic mass is 16.5. The van der Waals surface area contributed by atoms with Crippen molar-refractivity contribution in [3.63, 3.8) is 0 Å². The van der Waals surface area contributed by atoms with Crippen LogP contribution in [-0.4, -0.2) is 50.3 Å². The van der Waals surface area contributed by atoms with E-state index < -0.39 is 0 Å². The summed E-state index contributed by atoms with van der Waals surface area (Å²) in [6, 6.07) is 0.815. The van der Waals surface area contributed by atoms with Crippen LogP contribution in [0, 0.1) is 0 Å². The molecule has 100 valence electrons. The minimum absolute atomic E-state index is 0.449. The first-order chi connectivity index (χ1) is 8.29. The molecule has 2 rings (SSSR count). The van der Waals surface area contributed by atoms with Crippen LogP contribution in [-0.2, 0) is 4.74 Å². The van der Waals surface area contributed by atoms with E-state index in [0.29, 0.717) is 12.2 Å². The third kappa shape index (κ3) is 3.94. The van der Waals surface area contributed by atoms with Crippen LogP contribution in [0.2, 0.25) is 0 Å². The zero-order chi connectivity index (χ0) is 12.1. The zero-order valence-corrected chi connectivity index (χ0v) is 11.5. The highest BCUT2D eigenvalue weighted by Gasteiger charge is 2.27. The number of ether oxygens (including phenoxy) is 1. The quantitative estimate of drug-likeness (QED) is 0.795. The van der Waals surface area contributed by atoms with E-state index in [0.717, 1.165) is 19.1 Å². The Morgan fingerprint density at radius 1 is 1.06 bits per heavy atom. The van der Waals surface area contributed by atoms with E-state index in [1.807, 2.05) is 7.05 Å². The van der Waals surface area contributed by atoms with Gasteiger partial charge in [-0.05, 0) is 39.8 Å². The van der Waals surface area contributed by atoms with Gasteiger partial charge >= 0.3 is 0 Å². The average Bonchev–Trinajstić information content (AvgIpc) is 2.78. The SMILES string of the molecule is CNCC1CCC(CN(C)C2CCCCC2)O1. The largest absolute Gasteiger partial charge is 0.372 e. The minimum Gasteiger partial charge on any atom is -0.372 e. The molecule has 0 amide bonds. The summed E-state index contributed by atoms with van der Waals surface area (Å²) in [5.41, 5.74) is 0. The number of hydrogen-bond acceptors (Lipinski definition) is 3. The van der Waals surface area contributed by atoms with Gasteiger partial charge in [0.15, 0.2) is 0 Å². The van der Waals surface area contributed by atoms with Crippen molar-refractivity contribution in [3.8, 4) is 0 Å². The highest BCUT2D eigenvalue weighted by molar-refractivity contribution is 4.80. The van der Waals surface area contributed by atoms with Gasteiger partial charge in [-0.1, -0.05) is 19.3 Å². The van der Waals surface area contributed by atoms with Gasteiger partial charge in [-0.25, -0.2) is 0 Å². The van der Waals surface area contributed by atoms with Crippen molar-refractivity contribution in [3.05, 3.63) is 0 Å². The van der Waals surface area contributed by atoms with Gasteiger partial charge in [-0.15, -0.1) is 0 Å². The lowest BCUT2D eigenvalue weighted by atomic mass is 9.94. The van der Waals surface area contributed by atoms with E-state index in [1.54, 1.807) is 0 Å². The summed E-state index contributed by atoms with van der Waals surface area (Å²) in [6.45, 7) is 2.13. The fourth-order valence-corrected chi connectivity index (χ4v) is 3.28. The standard InChI is InChI=1S/C14H28N2O/c1-15-10-13-8-9-14(17-13)11-16(2)12-6-4-3-5-7-12/h12-15H,3-11H2,1-2H3. The molecular weight excluding hydrogens is 212 g/mol. The van der Waals surface area contributed by atoms with Crippen LogP contribution in [0.25, 0.3) is 0 Å². The molecule has 2 aliphatic rings. The number of nitrogens with zero attached hydrogens (tertiary/aromatic N) is 1. The van der Waals surface area contributed by atoms with Crippen LogP contribution in [0.5, 0.6) is 0 Å². The molecule has 1 aliphatic carbocycles. The molecule has 1 heterocycles. The second kappa shape index (κ2) is 6.72. The Balaban J connectivity index is 1.69. The van der Waals surface area contributed by atoms with Crippen molar-refractivity contribution >= 4 is 0 Å². The lowest BCUT2D eigenvalue weighted by Crippen LogP contribution is -2.39. The van der Waals surface area contributed by atoms with Gasteiger partial charge in [-0.2, -0.15) is 0 Å². The number of likely N-dealkylation sites (N-methyl/N-ethyl adjacent to an activating group) is 2. The Labute approximate surface area is 106 Å². The van der Waals surface area contributed by atoms with Crippen LogP contribution in [0.1, 0.15) is 44.9 Å².